The molecule has 2 atom stereocenters. The van der Waals surface area contributed by atoms with Crippen molar-refractivity contribution in [3.05, 3.63) is 175 Å². The van der Waals surface area contributed by atoms with E-state index < -0.39 is 0 Å². The maximum absolute atomic E-state index is 6.79. The van der Waals surface area contributed by atoms with Crippen LogP contribution in [0.5, 0.6) is 5.75 Å². The van der Waals surface area contributed by atoms with Crippen molar-refractivity contribution in [2.45, 2.75) is 12.0 Å². The van der Waals surface area contributed by atoms with E-state index in [1.807, 2.05) is 48.5 Å². The summed E-state index contributed by atoms with van der Waals surface area (Å²) >= 11 is 0. The molecule has 11 rings (SSSR count). The van der Waals surface area contributed by atoms with Crippen molar-refractivity contribution in [1.29, 1.82) is 0 Å². The van der Waals surface area contributed by atoms with Gasteiger partial charge in [0.15, 0.2) is 17.5 Å². The summed E-state index contributed by atoms with van der Waals surface area (Å²) in [6, 6.07) is 50.2. The van der Waals surface area contributed by atoms with E-state index >= 15 is 0 Å². The zero-order valence-corrected chi connectivity index (χ0v) is 27.9. The minimum atomic E-state index is -0.0761. The Bertz CT molecular complexity index is 2960. The smallest absolute Gasteiger partial charge is 0.164 e. The number of ether oxygens (including phenoxy) is 1. The molecule has 244 valence electrons. The van der Waals surface area contributed by atoms with Gasteiger partial charge < -0.3 is 9.15 Å². The molecule has 1 aliphatic heterocycles. The fourth-order valence-electron chi connectivity index (χ4n) is 8.18. The number of hydrogen-bond acceptors (Lipinski definition) is 5. The van der Waals surface area contributed by atoms with Gasteiger partial charge in [0.2, 0.25) is 0 Å². The van der Waals surface area contributed by atoms with Crippen molar-refractivity contribution < 1.29 is 9.15 Å². The summed E-state index contributed by atoms with van der Waals surface area (Å²) in [4.78, 5) is 15.7. The lowest BCUT2D eigenvalue weighted by molar-refractivity contribution is 0.271. The monoisotopic (exact) mass is 667 g/mol. The second kappa shape index (κ2) is 11.3. The molecule has 3 heterocycles. The number of aromatic nitrogens is 3. The number of para-hydroxylation sites is 2. The van der Waals surface area contributed by atoms with Gasteiger partial charge in [-0.3, -0.25) is 0 Å². The topological polar surface area (TPSA) is 61.0 Å². The van der Waals surface area contributed by atoms with E-state index in [2.05, 4.69) is 115 Å². The number of furan rings is 1. The highest BCUT2D eigenvalue weighted by Crippen LogP contribution is 2.50. The van der Waals surface area contributed by atoms with Crippen LogP contribution in [-0.2, 0) is 0 Å². The van der Waals surface area contributed by atoms with Crippen LogP contribution < -0.4 is 4.74 Å². The van der Waals surface area contributed by atoms with Crippen LogP contribution in [-0.4, -0.2) is 21.1 Å². The van der Waals surface area contributed by atoms with E-state index in [1.165, 1.54) is 10.9 Å². The first-order valence-corrected chi connectivity index (χ1v) is 17.6. The van der Waals surface area contributed by atoms with E-state index in [1.54, 1.807) is 0 Å². The summed E-state index contributed by atoms with van der Waals surface area (Å²) in [7, 11) is 0. The summed E-state index contributed by atoms with van der Waals surface area (Å²) in [5.41, 5.74) is 7.79. The first kappa shape index (κ1) is 28.9. The van der Waals surface area contributed by atoms with Crippen LogP contribution in [0.15, 0.2) is 168 Å². The lowest BCUT2D eigenvalue weighted by atomic mass is 9.80. The standard InChI is InChI=1S/C47H29N3O2/c1-2-13-28(14-3-1)45-48-46(50-47(49-45)38-27-29-15-4-5-16-30(29)31-17-6-7-18-32(31)38)37-26-25-34(44-43(37)36-20-9-11-23-40(36)52-44)33-21-12-24-41-42(33)35-19-8-10-22-39(35)51-41/h1-27,41-42H. The zero-order valence-electron chi connectivity index (χ0n) is 27.9. The number of fused-ring (bicyclic) bond motifs is 9. The number of nitrogens with zero attached hydrogens (tertiary/aromatic N) is 3. The van der Waals surface area contributed by atoms with Gasteiger partial charge >= 0.3 is 0 Å². The lowest BCUT2D eigenvalue weighted by Gasteiger charge is -2.23. The third-order valence-corrected chi connectivity index (χ3v) is 10.5. The molecule has 5 nitrogen and oxygen atoms in total. The number of benzene rings is 7. The summed E-state index contributed by atoms with van der Waals surface area (Å²) in [5.74, 6) is 2.82. The van der Waals surface area contributed by atoms with Crippen LogP contribution in [0.4, 0.5) is 0 Å². The van der Waals surface area contributed by atoms with E-state index in [0.29, 0.717) is 17.5 Å². The minimum Gasteiger partial charge on any atom is -0.485 e. The molecule has 2 aromatic heterocycles. The molecule has 0 fully saturated rings. The average Bonchev–Trinajstić information content (AvgIpc) is 3.80. The molecule has 0 saturated carbocycles. The highest BCUT2D eigenvalue weighted by molar-refractivity contribution is 6.16. The van der Waals surface area contributed by atoms with Crippen LogP contribution in [0.2, 0.25) is 0 Å². The van der Waals surface area contributed by atoms with Gasteiger partial charge in [-0.15, -0.1) is 0 Å². The Labute approximate surface area is 299 Å². The summed E-state index contributed by atoms with van der Waals surface area (Å²) < 4.78 is 13.2. The average molecular weight is 668 g/mol. The Morgan fingerprint density at radius 3 is 2.08 bits per heavy atom. The molecule has 0 bridgehead atoms. The normalized spacial score (nSPS) is 16.3. The van der Waals surface area contributed by atoms with Crippen LogP contribution in [0.25, 0.3) is 83.2 Å². The quantitative estimate of drug-likeness (QED) is 0.175. The van der Waals surface area contributed by atoms with Gasteiger partial charge in [-0.25, -0.2) is 15.0 Å². The van der Waals surface area contributed by atoms with Gasteiger partial charge in [0.1, 0.15) is 23.0 Å². The molecule has 1 aliphatic carbocycles. The molecule has 52 heavy (non-hydrogen) atoms. The predicted molar refractivity (Wildman–Crippen MR) is 209 cm³/mol. The molecule has 9 aromatic rings. The maximum Gasteiger partial charge on any atom is 0.164 e. The van der Waals surface area contributed by atoms with Gasteiger partial charge in [0, 0.05) is 38.6 Å². The van der Waals surface area contributed by atoms with Gasteiger partial charge in [0.05, 0.1) is 5.92 Å². The molecule has 7 aromatic carbocycles. The minimum absolute atomic E-state index is 0.0538. The number of rotatable bonds is 4. The molecule has 0 radical (unpaired) electrons. The molecule has 2 unspecified atom stereocenters. The third-order valence-electron chi connectivity index (χ3n) is 10.5. The van der Waals surface area contributed by atoms with Crippen molar-refractivity contribution in [2.75, 3.05) is 0 Å². The Morgan fingerprint density at radius 1 is 0.519 bits per heavy atom. The Balaban J connectivity index is 1.18. The van der Waals surface area contributed by atoms with E-state index in [9.17, 15) is 0 Å². The van der Waals surface area contributed by atoms with Gasteiger partial charge in [-0.2, -0.15) is 0 Å². The van der Waals surface area contributed by atoms with Crippen molar-refractivity contribution in [2.24, 2.45) is 0 Å². The molecule has 2 aliphatic rings. The van der Waals surface area contributed by atoms with E-state index in [-0.39, 0.29) is 12.0 Å². The van der Waals surface area contributed by atoms with E-state index in [0.717, 1.165) is 71.7 Å². The van der Waals surface area contributed by atoms with Crippen molar-refractivity contribution in [3.8, 4) is 39.9 Å². The highest BCUT2D eigenvalue weighted by Gasteiger charge is 2.38. The van der Waals surface area contributed by atoms with Crippen molar-refractivity contribution in [3.63, 3.8) is 0 Å². The third kappa shape index (κ3) is 4.39. The molecule has 0 saturated heterocycles. The van der Waals surface area contributed by atoms with Crippen LogP contribution in [0.3, 0.4) is 0 Å². The Kier molecular flexibility index (Phi) is 6.31. The fourth-order valence-corrected chi connectivity index (χ4v) is 8.18. The van der Waals surface area contributed by atoms with E-state index in [4.69, 9.17) is 24.1 Å². The lowest BCUT2D eigenvalue weighted by Crippen LogP contribution is -2.19. The van der Waals surface area contributed by atoms with Crippen LogP contribution >= 0.6 is 0 Å². The largest absolute Gasteiger partial charge is 0.485 e. The first-order chi connectivity index (χ1) is 25.8. The number of allylic oxidation sites excluding steroid dienone is 2. The van der Waals surface area contributed by atoms with Gasteiger partial charge in [0.25, 0.3) is 0 Å². The Hall–Kier alpha value is -6.85. The SMILES string of the molecule is C1=CC2Oc3ccccc3C2C(c2ccc(-c3nc(-c4ccccc4)nc(-c4cc5ccccc5c5ccccc45)n3)c3c2oc2ccccc23)=C1. The van der Waals surface area contributed by atoms with Crippen LogP contribution in [0, 0.1) is 0 Å². The molecular weight excluding hydrogens is 639 g/mol. The second-order valence-electron chi connectivity index (χ2n) is 13.4. The zero-order chi connectivity index (χ0) is 34.2. The second-order valence-corrected chi connectivity index (χ2v) is 13.4. The molecular formula is C47H29N3O2. The summed E-state index contributed by atoms with van der Waals surface area (Å²) in [5, 5.41) is 6.59. The highest BCUT2D eigenvalue weighted by atomic mass is 16.5. The maximum atomic E-state index is 6.79. The first-order valence-electron chi connectivity index (χ1n) is 17.6. The van der Waals surface area contributed by atoms with Crippen molar-refractivity contribution in [1.82, 2.24) is 15.0 Å². The predicted octanol–water partition coefficient (Wildman–Crippen LogP) is 11.6. The van der Waals surface area contributed by atoms with Gasteiger partial charge in [-0.05, 0) is 57.5 Å². The summed E-state index contributed by atoms with van der Waals surface area (Å²) in [6.07, 6.45) is 6.37. The number of hydrogen-bond donors (Lipinski definition) is 0. The molecule has 5 heteroatoms. The fraction of sp³-hybridized carbons (Fsp3) is 0.0426. The van der Waals surface area contributed by atoms with Crippen molar-refractivity contribution >= 4 is 49.1 Å². The summed E-state index contributed by atoms with van der Waals surface area (Å²) in [6.45, 7) is 0. The molecule has 0 amide bonds. The molecule has 0 N–H and O–H groups in total. The Morgan fingerprint density at radius 2 is 1.19 bits per heavy atom. The van der Waals surface area contributed by atoms with Crippen LogP contribution in [0.1, 0.15) is 17.0 Å². The van der Waals surface area contributed by atoms with Gasteiger partial charge in [-0.1, -0.05) is 133 Å². The molecule has 0 spiro atoms.